The molecule has 172 valence electrons. The Balaban J connectivity index is 1.56. The van der Waals surface area contributed by atoms with Gasteiger partial charge in [-0.1, -0.05) is 12.1 Å². The number of piperidine rings is 1. The van der Waals surface area contributed by atoms with Crippen molar-refractivity contribution in [2.45, 2.75) is 57.4 Å². The minimum absolute atomic E-state index is 0.00403. The highest BCUT2D eigenvalue weighted by atomic mass is 16.5. The number of ether oxygens (including phenoxy) is 2. The number of rotatable bonds is 5. The molecule has 0 spiro atoms. The molecule has 0 unspecified atom stereocenters. The van der Waals surface area contributed by atoms with Crippen molar-refractivity contribution in [2.24, 2.45) is 5.92 Å². The number of methoxy groups -OCH3 is 1. The number of benzene rings is 1. The topological polar surface area (TPSA) is 79.9 Å². The molecule has 31 heavy (non-hydrogen) atoms. The zero-order chi connectivity index (χ0) is 22.5. The Hall–Kier alpha value is -2.28. The van der Waals surface area contributed by atoms with E-state index in [0.29, 0.717) is 38.5 Å². The summed E-state index contributed by atoms with van der Waals surface area (Å²) in [5.41, 5.74) is 0.224. The van der Waals surface area contributed by atoms with Gasteiger partial charge in [0.2, 0.25) is 5.91 Å². The van der Waals surface area contributed by atoms with Gasteiger partial charge in [-0.3, -0.25) is 4.79 Å². The van der Waals surface area contributed by atoms with Crippen molar-refractivity contribution in [3.63, 3.8) is 0 Å². The van der Waals surface area contributed by atoms with Crippen LogP contribution in [0.4, 0.5) is 4.79 Å². The predicted molar refractivity (Wildman–Crippen MR) is 120 cm³/mol. The monoisotopic (exact) mass is 431 g/mol. The van der Waals surface area contributed by atoms with E-state index in [4.69, 9.17) is 9.47 Å². The number of urea groups is 1. The molecule has 2 saturated heterocycles. The molecule has 7 heteroatoms. The maximum atomic E-state index is 13.4. The van der Waals surface area contributed by atoms with Gasteiger partial charge >= 0.3 is 6.03 Å². The lowest BCUT2D eigenvalue weighted by atomic mass is 9.73. The molecular weight excluding hydrogens is 394 g/mol. The summed E-state index contributed by atoms with van der Waals surface area (Å²) in [6.07, 6.45) is 3.15. The van der Waals surface area contributed by atoms with Gasteiger partial charge in [0.25, 0.3) is 0 Å². The van der Waals surface area contributed by atoms with Gasteiger partial charge in [0, 0.05) is 38.4 Å². The largest absolute Gasteiger partial charge is 0.497 e. The Morgan fingerprint density at radius 2 is 1.74 bits per heavy atom. The average molecular weight is 432 g/mol. The van der Waals surface area contributed by atoms with E-state index in [9.17, 15) is 9.59 Å². The number of likely N-dealkylation sites (tertiary alicyclic amines) is 1. The first kappa shape index (κ1) is 23.4. The second kappa shape index (κ2) is 9.90. The summed E-state index contributed by atoms with van der Waals surface area (Å²) >= 11 is 0. The van der Waals surface area contributed by atoms with Crippen molar-refractivity contribution in [3.05, 3.63) is 29.8 Å². The van der Waals surface area contributed by atoms with Gasteiger partial charge in [0.05, 0.1) is 12.5 Å². The molecular formula is C24H37N3O4. The van der Waals surface area contributed by atoms with E-state index in [0.717, 1.165) is 37.2 Å². The molecule has 2 aliphatic heterocycles. The third kappa shape index (κ3) is 5.91. The Labute approximate surface area is 185 Å². The molecule has 3 amide bonds. The van der Waals surface area contributed by atoms with Gasteiger partial charge in [-0.2, -0.15) is 0 Å². The van der Waals surface area contributed by atoms with Crippen LogP contribution in [0.2, 0.25) is 0 Å². The lowest BCUT2D eigenvalue weighted by Gasteiger charge is -2.38. The van der Waals surface area contributed by atoms with E-state index in [1.807, 2.05) is 49.9 Å². The number of carbonyl (C=O) groups is 2. The van der Waals surface area contributed by atoms with E-state index in [-0.39, 0.29) is 17.5 Å². The lowest BCUT2D eigenvalue weighted by molar-refractivity contribution is -0.130. The van der Waals surface area contributed by atoms with Gasteiger partial charge in [-0.25, -0.2) is 4.79 Å². The van der Waals surface area contributed by atoms with Crippen LogP contribution in [-0.4, -0.2) is 62.3 Å². The highest BCUT2D eigenvalue weighted by Crippen LogP contribution is 2.36. The van der Waals surface area contributed by atoms with E-state index in [1.54, 1.807) is 7.11 Å². The number of amides is 3. The summed E-state index contributed by atoms with van der Waals surface area (Å²) in [6.45, 7) is 9.22. The number of hydrogen-bond donors (Lipinski definition) is 2. The number of carbonyl (C=O) groups excluding carboxylic acids is 2. The first-order chi connectivity index (χ1) is 14.7. The molecule has 1 aromatic carbocycles. The summed E-state index contributed by atoms with van der Waals surface area (Å²) in [5.74, 6) is 1.25. The van der Waals surface area contributed by atoms with Crippen LogP contribution >= 0.6 is 0 Å². The summed E-state index contributed by atoms with van der Waals surface area (Å²) < 4.78 is 10.8. The van der Waals surface area contributed by atoms with Crippen LogP contribution in [0.5, 0.6) is 5.75 Å². The number of nitrogens with zero attached hydrogens (tertiary/aromatic N) is 1. The third-order valence-electron chi connectivity index (χ3n) is 6.36. The van der Waals surface area contributed by atoms with E-state index < -0.39 is 5.41 Å². The van der Waals surface area contributed by atoms with Crippen molar-refractivity contribution in [1.29, 1.82) is 0 Å². The van der Waals surface area contributed by atoms with Crippen molar-refractivity contribution >= 4 is 11.9 Å². The van der Waals surface area contributed by atoms with E-state index >= 15 is 0 Å². The summed E-state index contributed by atoms with van der Waals surface area (Å²) in [6, 6.07) is 7.82. The van der Waals surface area contributed by atoms with Crippen molar-refractivity contribution in [2.75, 3.05) is 40.0 Å². The highest BCUT2D eigenvalue weighted by Gasteiger charge is 2.42. The zero-order valence-corrected chi connectivity index (χ0v) is 19.3. The molecule has 2 aliphatic rings. The Morgan fingerprint density at radius 1 is 1.13 bits per heavy atom. The molecule has 2 fully saturated rings. The fraction of sp³-hybridized carbons (Fsp3) is 0.667. The summed E-state index contributed by atoms with van der Waals surface area (Å²) in [7, 11) is 1.64. The van der Waals surface area contributed by atoms with Crippen LogP contribution in [0.1, 0.15) is 52.0 Å². The SMILES string of the molecule is COc1ccc(C2(C(=O)NCC3CCN(C(=O)NC(C)(C)C)CC3)CCOCC2)cc1. The summed E-state index contributed by atoms with van der Waals surface area (Å²) in [4.78, 5) is 27.6. The van der Waals surface area contributed by atoms with Gasteiger partial charge in [0.15, 0.2) is 0 Å². The molecule has 0 aliphatic carbocycles. The maximum Gasteiger partial charge on any atom is 0.317 e. The van der Waals surface area contributed by atoms with Crippen LogP contribution in [-0.2, 0) is 14.9 Å². The first-order valence-electron chi connectivity index (χ1n) is 11.3. The molecule has 0 aromatic heterocycles. The smallest absolute Gasteiger partial charge is 0.317 e. The molecule has 3 rings (SSSR count). The Bertz CT molecular complexity index is 743. The maximum absolute atomic E-state index is 13.4. The van der Waals surface area contributed by atoms with Crippen LogP contribution in [0.25, 0.3) is 0 Å². The minimum Gasteiger partial charge on any atom is -0.497 e. The third-order valence-corrected chi connectivity index (χ3v) is 6.36. The van der Waals surface area contributed by atoms with E-state index in [1.165, 1.54) is 0 Å². The van der Waals surface area contributed by atoms with Crippen LogP contribution in [0.15, 0.2) is 24.3 Å². The van der Waals surface area contributed by atoms with Gasteiger partial charge in [-0.15, -0.1) is 0 Å². The van der Waals surface area contributed by atoms with Crippen molar-refractivity contribution in [1.82, 2.24) is 15.5 Å². The van der Waals surface area contributed by atoms with Gasteiger partial charge < -0.3 is 25.0 Å². The zero-order valence-electron chi connectivity index (χ0n) is 19.3. The number of hydrogen-bond acceptors (Lipinski definition) is 4. The van der Waals surface area contributed by atoms with Gasteiger partial charge in [0.1, 0.15) is 5.75 Å². The lowest BCUT2D eigenvalue weighted by Crippen LogP contribution is -2.52. The summed E-state index contributed by atoms with van der Waals surface area (Å²) in [5, 5.41) is 6.25. The quantitative estimate of drug-likeness (QED) is 0.751. The molecule has 2 N–H and O–H groups in total. The molecule has 1 aromatic rings. The molecule has 0 saturated carbocycles. The first-order valence-corrected chi connectivity index (χ1v) is 11.3. The van der Waals surface area contributed by atoms with Gasteiger partial charge in [-0.05, 0) is 70.1 Å². The Kier molecular flexibility index (Phi) is 7.46. The number of nitrogens with one attached hydrogen (secondary N) is 2. The van der Waals surface area contributed by atoms with Crippen LogP contribution in [0, 0.1) is 5.92 Å². The fourth-order valence-electron chi connectivity index (χ4n) is 4.42. The van der Waals surface area contributed by atoms with Crippen LogP contribution < -0.4 is 15.4 Å². The molecule has 7 nitrogen and oxygen atoms in total. The van der Waals surface area contributed by atoms with Crippen molar-refractivity contribution in [3.8, 4) is 5.75 Å². The standard InChI is InChI=1S/C24H37N3O4/c1-23(2,3)26-22(29)27-13-9-18(10-14-27)17-25-21(28)24(11-15-31-16-12-24)19-5-7-20(30-4)8-6-19/h5-8,18H,9-17H2,1-4H3,(H,25,28)(H,26,29). The van der Waals surface area contributed by atoms with Crippen LogP contribution in [0.3, 0.4) is 0 Å². The second-order valence-electron chi connectivity index (χ2n) is 9.74. The van der Waals surface area contributed by atoms with Crippen molar-refractivity contribution < 1.29 is 19.1 Å². The molecule has 0 bridgehead atoms. The fourth-order valence-corrected chi connectivity index (χ4v) is 4.42. The highest BCUT2D eigenvalue weighted by molar-refractivity contribution is 5.88. The molecule has 0 radical (unpaired) electrons. The average Bonchev–Trinajstić information content (AvgIpc) is 2.77. The Morgan fingerprint density at radius 3 is 2.29 bits per heavy atom. The minimum atomic E-state index is -0.558. The molecule has 2 heterocycles. The normalized spacial score (nSPS) is 19.5. The molecule has 0 atom stereocenters. The predicted octanol–water partition coefficient (Wildman–Crippen LogP) is 3.08. The van der Waals surface area contributed by atoms with E-state index in [2.05, 4.69) is 10.6 Å². The second-order valence-corrected chi connectivity index (χ2v) is 9.74.